The summed E-state index contributed by atoms with van der Waals surface area (Å²) in [6.07, 6.45) is 2.16. The first-order chi connectivity index (χ1) is 5.74. The molecule has 74 valence electrons. The molecule has 0 saturated carbocycles. The Bertz CT molecular complexity index is 99.1. The van der Waals surface area contributed by atoms with Gasteiger partial charge in [-0.1, -0.05) is 13.0 Å². The number of ether oxygens (including phenoxy) is 2. The molecule has 0 radical (unpaired) electrons. The fourth-order valence-electron chi connectivity index (χ4n) is 1.04. The highest BCUT2D eigenvalue weighted by Crippen LogP contribution is 2.09. The summed E-state index contributed by atoms with van der Waals surface area (Å²) in [6.45, 7) is 2.11. The molecule has 0 saturated heterocycles. The summed E-state index contributed by atoms with van der Waals surface area (Å²) in [7, 11) is 3.13. The lowest BCUT2D eigenvalue weighted by Gasteiger charge is -2.13. The van der Waals surface area contributed by atoms with E-state index in [4.69, 9.17) is 21.1 Å². The summed E-state index contributed by atoms with van der Waals surface area (Å²) in [6, 6.07) is 1.20. The lowest BCUT2D eigenvalue weighted by molar-refractivity contribution is -0.0441. The van der Waals surface area contributed by atoms with Crippen LogP contribution in [0.5, 0.6) is 0 Å². The van der Waals surface area contributed by atoms with E-state index in [0.717, 1.165) is 12.8 Å². The van der Waals surface area contributed by atoms with Gasteiger partial charge in [-0.05, 0) is 12.8 Å². The summed E-state index contributed by atoms with van der Waals surface area (Å²) >= 11 is 5.98. The van der Waals surface area contributed by atoms with E-state index in [0.29, 0.717) is 5.38 Å². The van der Waals surface area contributed by atoms with Crippen molar-refractivity contribution in [3.63, 3.8) is 0 Å². The van der Waals surface area contributed by atoms with Crippen molar-refractivity contribution in [3.8, 4) is 0 Å². The third-order valence-corrected chi connectivity index (χ3v) is 4.41. The number of hydrogen-bond donors (Lipinski definition) is 0. The average molecular weight is 211 g/mol. The van der Waals surface area contributed by atoms with Crippen LogP contribution in [0.3, 0.4) is 0 Å². The normalized spacial score (nSPS) is 14.8. The second-order valence-electron chi connectivity index (χ2n) is 2.84. The van der Waals surface area contributed by atoms with Crippen molar-refractivity contribution in [1.82, 2.24) is 0 Å². The highest BCUT2D eigenvalue weighted by atomic mass is 35.5. The lowest BCUT2D eigenvalue weighted by Crippen LogP contribution is -2.21. The van der Waals surface area contributed by atoms with Crippen LogP contribution in [0.15, 0.2) is 0 Å². The molecule has 0 aliphatic carbocycles. The quantitative estimate of drug-likeness (QED) is 0.361. The first-order valence-electron chi connectivity index (χ1n) is 4.44. The van der Waals surface area contributed by atoms with Crippen molar-refractivity contribution in [2.24, 2.45) is 0 Å². The molecule has 0 bridgehead atoms. The molecule has 0 spiro atoms. The van der Waals surface area contributed by atoms with Crippen molar-refractivity contribution < 1.29 is 9.47 Å². The minimum Gasteiger partial charge on any atom is -0.360 e. The predicted molar refractivity (Wildman–Crippen MR) is 55.7 cm³/mol. The second kappa shape index (κ2) is 8.04. The number of rotatable bonds is 7. The predicted octanol–water partition coefficient (Wildman–Crippen LogP) is 1.56. The van der Waals surface area contributed by atoms with Crippen LogP contribution >= 0.6 is 11.6 Å². The van der Waals surface area contributed by atoms with Crippen LogP contribution in [-0.4, -0.2) is 35.0 Å². The SMILES string of the molecule is CCC(Cl)CC[SiH2]C(OC)OC. The van der Waals surface area contributed by atoms with E-state index in [1.807, 2.05) is 0 Å². The largest absolute Gasteiger partial charge is 0.360 e. The van der Waals surface area contributed by atoms with Crippen LogP contribution in [-0.2, 0) is 9.47 Å². The standard InChI is InChI=1S/C8H19ClO2Si/c1-4-7(9)5-6-12-8(10-2)11-3/h7-8H,4-6,12H2,1-3H3. The minimum absolute atomic E-state index is 0.0747. The third kappa shape index (κ3) is 6.00. The molecule has 0 amide bonds. The monoisotopic (exact) mass is 210 g/mol. The Balaban J connectivity index is 3.28. The molecule has 0 aromatic rings. The van der Waals surface area contributed by atoms with E-state index >= 15 is 0 Å². The van der Waals surface area contributed by atoms with Crippen LogP contribution in [0.2, 0.25) is 6.04 Å². The summed E-state index contributed by atoms with van der Waals surface area (Å²) in [4.78, 5) is 0. The molecule has 1 atom stereocenters. The Hall–Kier alpha value is 0.427. The van der Waals surface area contributed by atoms with Gasteiger partial charge in [-0.3, -0.25) is 0 Å². The van der Waals surface area contributed by atoms with Crippen molar-refractivity contribution in [3.05, 3.63) is 0 Å². The van der Waals surface area contributed by atoms with Gasteiger partial charge in [-0.15, -0.1) is 11.6 Å². The van der Waals surface area contributed by atoms with Crippen molar-refractivity contribution in [1.29, 1.82) is 0 Å². The Morgan fingerprint density at radius 1 is 1.33 bits per heavy atom. The van der Waals surface area contributed by atoms with Crippen LogP contribution in [0.1, 0.15) is 19.8 Å². The Kier molecular flexibility index (Phi) is 8.33. The maximum absolute atomic E-state index is 5.98. The van der Waals surface area contributed by atoms with Gasteiger partial charge in [0.15, 0.2) is 0 Å². The molecule has 0 N–H and O–H groups in total. The number of alkyl halides is 1. The van der Waals surface area contributed by atoms with Gasteiger partial charge in [-0.25, -0.2) is 0 Å². The molecule has 0 aliphatic rings. The van der Waals surface area contributed by atoms with Gasteiger partial charge in [0.1, 0.15) is 5.91 Å². The zero-order chi connectivity index (χ0) is 9.40. The fraction of sp³-hybridized carbons (Fsp3) is 1.00. The molecule has 4 heteroatoms. The van der Waals surface area contributed by atoms with Crippen molar-refractivity contribution in [2.75, 3.05) is 14.2 Å². The third-order valence-electron chi connectivity index (χ3n) is 1.93. The van der Waals surface area contributed by atoms with Crippen LogP contribution < -0.4 is 0 Å². The minimum atomic E-state index is -0.256. The number of hydrogen-bond acceptors (Lipinski definition) is 2. The average Bonchev–Trinajstić information content (AvgIpc) is 2.12. The van der Waals surface area contributed by atoms with E-state index in [1.54, 1.807) is 14.2 Å². The van der Waals surface area contributed by atoms with Crippen LogP contribution in [0.4, 0.5) is 0 Å². The van der Waals surface area contributed by atoms with Gasteiger partial charge >= 0.3 is 0 Å². The van der Waals surface area contributed by atoms with E-state index in [2.05, 4.69) is 6.92 Å². The molecule has 0 aromatic carbocycles. The van der Waals surface area contributed by atoms with Gasteiger partial charge in [0.25, 0.3) is 0 Å². The number of halogens is 1. The highest BCUT2D eigenvalue weighted by Gasteiger charge is 2.07. The van der Waals surface area contributed by atoms with Gasteiger partial charge in [0.2, 0.25) is 0 Å². The molecular formula is C8H19ClO2Si. The molecule has 0 heterocycles. The van der Waals surface area contributed by atoms with Gasteiger partial charge < -0.3 is 9.47 Å². The smallest absolute Gasteiger partial charge is 0.134 e. The summed E-state index contributed by atoms with van der Waals surface area (Å²) in [5.41, 5.74) is 0. The molecule has 0 aliphatic heterocycles. The lowest BCUT2D eigenvalue weighted by atomic mass is 10.3. The topological polar surface area (TPSA) is 18.5 Å². The van der Waals surface area contributed by atoms with Gasteiger partial charge in [0, 0.05) is 19.6 Å². The molecular weight excluding hydrogens is 192 g/mol. The second-order valence-corrected chi connectivity index (χ2v) is 5.41. The zero-order valence-corrected chi connectivity index (χ0v) is 10.3. The van der Waals surface area contributed by atoms with E-state index in [9.17, 15) is 0 Å². The first kappa shape index (κ1) is 12.4. The number of methoxy groups -OCH3 is 2. The molecule has 0 rings (SSSR count). The molecule has 12 heavy (non-hydrogen) atoms. The Morgan fingerprint density at radius 2 is 1.92 bits per heavy atom. The summed E-state index contributed by atoms with van der Waals surface area (Å²) < 4.78 is 10.2. The van der Waals surface area contributed by atoms with Crippen molar-refractivity contribution >= 4 is 21.1 Å². The Morgan fingerprint density at radius 3 is 2.33 bits per heavy atom. The summed E-state index contributed by atoms with van der Waals surface area (Å²) in [5, 5.41) is 0.340. The van der Waals surface area contributed by atoms with Crippen LogP contribution in [0.25, 0.3) is 0 Å². The van der Waals surface area contributed by atoms with Crippen LogP contribution in [0, 0.1) is 0 Å². The highest BCUT2D eigenvalue weighted by molar-refractivity contribution is 6.36. The van der Waals surface area contributed by atoms with Gasteiger partial charge in [0.05, 0.1) is 9.52 Å². The van der Waals surface area contributed by atoms with Crippen molar-refractivity contribution in [2.45, 2.75) is 37.1 Å². The first-order valence-corrected chi connectivity index (χ1v) is 6.69. The maximum atomic E-state index is 5.98. The Labute approximate surface area is 82.4 Å². The fourth-order valence-corrected chi connectivity index (χ4v) is 2.99. The van der Waals surface area contributed by atoms with Gasteiger partial charge in [-0.2, -0.15) is 0 Å². The van der Waals surface area contributed by atoms with E-state index < -0.39 is 0 Å². The molecule has 2 nitrogen and oxygen atoms in total. The van der Waals surface area contributed by atoms with E-state index in [-0.39, 0.29) is 15.4 Å². The molecule has 1 unspecified atom stereocenters. The zero-order valence-electron chi connectivity index (χ0n) is 8.18. The summed E-state index contributed by atoms with van der Waals surface area (Å²) in [5.74, 6) is 0.0747. The molecule has 0 fully saturated rings. The molecule has 0 aromatic heterocycles. The maximum Gasteiger partial charge on any atom is 0.134 e. The van der Waals surface area contributed by atoms with E-state index in [1.165, 1.54) is 6.04 Å².